The fourth-order valence-electron chi connectivity index (χ4n) is 1.76. The Kier molecular flexibility index (Phi) is 3.53. The van der Waals surface area contributed by atoms with Gasteiger partial charge in [0.1, 0.15) is 0 Å². The molecule has 0 bridgehead atoms. The zero-order valence-corrected chi connectivity index (χ0v) is 7.68. The number of amides is 1. The molecule has 1 aliphatic rings. The second kappa shape index (κ2) is 4.45. The van der Waals surface area contributed by atoms with Gasteiger partial charge in [0.05, 0.1) is 0 Å². The lowest BCUT2D eigenvalue weighted by Gasteiger charge is -2.28. The molecule has 1 fully saturated rings. The van der Waals surface area contributed by atoms with E-state index in [4.69, 9.17) is 5.73 Å². The zero-order valence-electron chi connectivity index (χ0n) is 7.68. The standard InChI is InChI=1S/C9H18N2O/c1-7(12)11-6-8-4-2-3-5-9(8)10/h8-9H,2-6,10H2,1H3,(H,11,12). The fourth-order valence-corrected chi connectivity index (χ4v) is 1.76. The summed E-state index contributed by atoms with van der Waals surface area (Å²) in [4.78, 5) is 10.6. The Bertz CT molecular complexity index is 159. The third-order valence-electron chi connectivity index (χ3n) is 2.58. The van der Waals surface area contributed by atoms with Gasteiger partial charge in [0.15, 0.2) is 0 Å². The molecule has 1 saturated carbocycles. The maximum absolute atomic E-state index is 10.6. The summed E-state index contributed by atoms with van der Waals surface area (Å²) in [6.45, 7) is 2.31. The van der Waals surface area contributed by atoms with Crippen molar-refractivity contribution >= 4 is 5.91 Å². The van der Waals surface area contributed by atoms with Crippen LogP contribution in [-0.4, -0.2) is 18.5 Å². The average Bonchev–Trinajstić information content (AvgIpc) is 2.03. The van der Waals surface area contributed by atoms with E-state index < -0.39 is 0 Å². The van der Waals surface area contributed by atoms with Gasteiger partial charge >= 0.3 is 0 Å². The van der Waals surface area contributed by atoms with Gasteiger partial charge < -0.3 is 11.1 Å². The highest BCUT2D eigenvalue weighted by molar-refractivity contribution is 5.72. The van der Waals surface area contributed by atoms with Crippen LogP contribution in [0.5, 0.6) is 0 Å². The van der Waals surface area contributed by atoms with Crippen LogP contribution in [0.3, 0.4) is 0 Å². The van der Waals surface area contributed by atoms with Crippen molar-refractivity contribution in [2.75, 3.05) is 6.54 Å². The Morgan fingerprint density at radius 3 is 2.75 bits per heavy atom. The van der Waals surface area contributed by atoms with Gasteiger partial charge in [-0.25, -0.2) is 0 Å². The van der Waals surface area contributed by atoms with Gasteiger partial charge in [0.2, 0.25) is 5.91 Å². The predicted molar refractivity (Wildman–Crippen MR) is 48.6 cm³/mol. The van der Waals surface area contributed by atoms with Gasteiger partial charge in [-0.1, -0.05) is 12.8 Å². The topological polar surface area (TPSA) is 55.1 Å². The van der Waals surface area contributed by atoms with Crippen molar-refractivity contribution in [2.45, 2.75) is 38.6 Å². The molecule has 0 radical (unpaired) electrons. The molecule has 1 aliphatic carbocycles. The van der Waals surface area contributed by atoms with E-state index in [1.807, 2.05) is 0 Å². The summed E-state index contributed by atoms with van der Waals surface area (Å²) in [7, 11) is 0. The molecule has 1 rings (SSSR count). The largest absolute Gasteiger partial charge is 0.356 e. The summed E-state index contributed by atoms with van der Waals surface area (Å²) >= 11 is 0. The maximum atomic E-state index is 10.6. The molecule has 12 heavy (non-hydrogen) atoms. The van der Waals surface area contributed by atoms with E-state index in [9.17, 15) is 4.79 Å². The maximum Gasteiger partial charge on any atom is 0.216 e. The number of carbonyl (C=O) groups is 1. The summed E-state index contributed by atoms with van der Waals surface area (Å²) in [5.41, 5.74) is 5.91. The molecule has 3 nitrogen and oxygen atoms in total. The molecule has 0 aromatic rings. The molecule has 3 N–H and O–H groups in total. The minimum Gasteiger partial charge on any atom is -0.356 e. The minimum absolute atomic E-state index is 0.0489. The summed E-state index contributed by atoms with van der Waals surface area (Å²) in [6.07, 6.45) is 4.79. The fraction of sp³-hybridized carbons (Fsp3) is 0.889. The van der Waals surface area contributed by atoms with Gasteiger partial charge in [0, 0.05) is 19.5 Å². The molecule has 0 aliphatic heterocycles. The molecule has 70 valence electrons. The molecular weight excluding hydrogens is 152 g/mol. The third kappa shape index (κ3) is 2.81. The van der Waals surface area contributed by atoms with Crippen LogP contribution in [0.25, 0.3) is 0 Å². The molecule has 1 amide bonds. The highest BCUT2D eigenvalue weighted by Gasteiger charge is 2.21. The molecular formula is C9H18N2O. The van der Waals surface area contributed by atoms with Crippen molar-refractivity contribution in [3.63, 3.8) is 0 Å². The van der Waals surface area contributed by atoms with Crippen LogP contribution in [0.1, 0.15) is 32.6 Å². The Morgan fingerprint density at radius 2 is 2.17 bits per heavy atom. The lowest BCUT2D eigenvalue weighted by molar-refractivity contribution is -0.119. The van der Waals surface area contributed by atoms with Crippen LogP contribution in [0.2, 0.25) is 0 Å². The van der Waals surface area contributed by atoms with E-state index in [0.29, 0.717) is 12.0 Å². The van der Waals surface area contributed by atoms with Crippen LogP contribution in [-0.2, 0) is 4.79 Å². The molecule has 2 atom stereocenters. The molecule has 3 heteroatoms. The monoisotopic (exact) mass is 170 g/mol. The number of carbonyl (C=O) groups excluding carboxylic acids is 1. The highest BCUT2D eigenvalue weighted by Crippen LogP contribution is 2.21. The first-order chi connectivity index (χ1) is 5.70. The van der Waals surface area contributed by atoms with Crippen molar-refractivity contribution < 1.29 is 4.79 Å². The van der Waals surface area contributed by atoms with Gasteiger partial charge in [0.25, 0.3) is 0 Å². The predicted octanol–water partition coefficient (Wildman–Crippen LogP) is 0.640. The lowest BCUT2D eigenvalue weighted by Crippen LogP contribution is -2.40. The summed E-state index contributed by atoms with van der Waals surface area (Å²) in [5.74, 6) is 0.551. The average molecular weight is 170 g/mol. The smallest absolute Gasteiger partial charge is 0.216 e. The van der Waals surface area contributed by atoms with E-state index >= 15 is 0 Å². The summed E-state index contributed by atoms with van der Waals surface area (Å²) in [5, 5.41) is 2.83. The van der Waals surface area contributed by atoms with Crippen LogP contribution in [0.15, 0.2) is 0 Å². The Morgan fingerprint density at radius 1 is 1.50 bits per heavy atom. The highest BCUT2D eigenvalue weighted by atomic mass is 16.1. The quantitative estimate of drug-likeness (QED) is 0.639. The normalized spacial score (nSPS) is 29.8. The Hall–Kier alpha value is -0.570. The lowest BCUT2D eigenvalue weighted by atomic mass is 9.85. The molecule has 0 aromatic carbocycles. The summed E-state index contributed by atoms with van der Waals surface area (Å²) < 4.78 is 0. The first kappa shape index (κ1) is 9.52. The minimum atomic E-state index is 0.0489. The SMILES string of the molecule is CC(=O)NCC1CCCCC1N. The first-order valence-electron chi connectivity index (χ1n) is 4.70. The Balaban J connectivity index is 2.24. The van der Waals surface area contributed by atoms with Gasteiger partial charge in [-0.2, -0.15) is 0 Å². The van der Waals surface area contributed by atoms with Crippen molar-refractivity contribution in [3.8, 4) is 0 Å². The van der Waals surface area contributed by atoms with Crippen LogP contribution in [0.4, 0.5) is 0 Å². The van der Waals surface area contributed by atoms with Gasteiger partial charge in [-0.15, -0.1) is 0 Å². The van der Waals surface area contributed by atoms with Crippen molar-refractivity contribution in [3.05, 3.63) is 0 Å². The number of nitrogens with one attached hydrogen (secondary N) is 1. The zero-order chi connectivity index (χ0) is 8.97. The number of nitrogens with two attached hydrogens (primary N) is 1. The van der Waals surface area contributed by atoms with Crippen molar-refractivity contribution in [2.24, 2.45) is 11.7 Å². The third-order valence-corrected chi connectivity index (χ3v) is 2.58. The van der Waals surface area contributed by atoms with E-state index in [2.05, 4.69) is 5.32 Å². The molecule has 0 heterocycles. The van der Waals surface area contributed by atoms with E-state index in [1.165, 1.54) is 19.3 Å². The second-order valence-corrected chi connectivity index (χ2v) is 3.65. The first-order valence-corrected chi connectivity index (χ1v) is 4.70. The van der Waals surface area contributed by atoms with E-state index in [0.717, 1.165) is 13.0 Å². The van der Waals surface area contributed by atoms with Gasteiger partial charge in [-0.3, -0.25) is 4.79 Å². The number of rotatable bonds is 2. The molecule has 2 unspecified atom stereocenters. The van der Waals surface area contributed by atoms with Crippen molar-refractivity contribution in [1.82, 2.24) is 5.32 Å². The number of hydrogen-bond donors (Lipinski definition) is 2. The van der Waals surface area contributed by atoms with E-state index in [1.54, 1.807) is 6.92 Å². The summed E-state index contributed by atoms with van der Waals surface area (Å²) in [6, 6.07) is 0.297. The Labute approximate surface area is 73.7 Å². The number of hydrogen-bond acceptors (Lipinski definition) is 2. The molecule has 0 aromatic heterocycles. The van der Waals surface area contributed by atoms with Gasteiger partial charge in [-0.05, 0) is 18.8 Å². The van der Waals surface area contributed by atoms with Crippen LogP contribution >= 0.6 is 0 Å². The van der Waals surface area contributed by atoms with E-state index in [-0.39, 0.29) is 5.91 Å². The van der Waals surface area contributed by atoms with Crippen LogP contribution < -0.4 is 11.1 Å². The molecule has 0 spiro atoms. The second-order valence-electron chi connectivity index (χ2n) is 3.65. The van der Waals surface area contributed by atoms with Crippen LogP contribution in [0, 0.1) is 5.92 Å². The molecule has 0 saturated heterocycles. The van der Waals surface area contributed by atoms with Crippen molar-refractivity contribution in [1.29, 1.82) is 0 Å².